The molecule has 2 aromatic carbocycles. The predicted molar refractivity (Wildman–Crippen MR) is 120 cm³/mol. The molecule has 1 N–H and O–H groups in total. The Balaban J connectivity index is 1.63. The number of hydrogen-bond acceptors (Lipinski definition) is 5. The highest BCUT2D eigenvalue weighted by Gasteiger charge is 2.26. The number of nitriles is 1. The van der Waals surface area contributed by atoms with Gasteiger partial charge in [-0.3, -0.25) is 4.79 Å². The molecule has 2 atom stereocenters. The van der Waals surface area contributed by atoms with E-state index in [1.54, 1.807) is 0 Å². The minimum atomic E-state index is -1.01. The third-order valence-electron chi connectivity index (χ3n) is 5.40. The average Bonchev–Trinajstić information content (AvgIpc) is 2.77. The van der Waals surface area contributed by atoms with Crippen molar-refractivity contribution in [3.05, 3.63) is 70.8 Å². The zero-order valence-corrected chi connectivity index (χ0v) is 18.1. The van der Waals surface area contributed by atoms with E-state index >= 15 is 0 Å². The summed E-state index contributed by atoms with van der Waals surface area (Å²) in [5.41, 5.74) is 3.90. The van der Waals surface area contributed by atoms with Crippen molar-refractivity contribution in [3.8, 4) is 6.07 Å². The van der Waals surface area contributed by atoms with Gasteiger partial charge in [-0.2, -0.15) is 5.26 Å². The highest BCUT2D eigenvalue weighted by atomic mass is 16.5. The maximum Gasteiger partial charge on any atom is 0.349 e. The molecule has 1 amide bonds. The zero-order chi connectivity index (χ0) is 22.4. The molecule has 0 saturated carbocycles. The summed E-state index contributed by atoms with van der Waals surface area (Å²) in [5.74, 6) is -1.19. The standard InChI is InChI=1S/C25H27N3O3/c1-17(24(29)27-23-10-6-8-19-7-4-5-9-22(19)23)31-25(30)20(16-26)15-18-11-13-21(14-12-18)28(2)3/h4-5,7,9,11-15,17,23H,6,8,10H2,1-3H3,(H,27,29)/b20-15+/t17-,23+/m0/s1. The van der Waals surface area contributed by atoms with Crippen molar-refractivity contribution in [1.29, 1.82) is 5.26 Å². The number of ether oxygens (including phenoxy) is 1. The van der Waals surface area contributed by atoms with Gasteiger partial charge in [0, 0.05) is 19.8 Å². The van der Waals surface area contributed by atoms with Crippen LogP contribution in [0.2, 0.25) is 0 Å². The van der Waals surface area contributed by atoms with Gasteiger partial charge >= 0.3 is 5.97 Å². The van der Waals surface area contributed by atoms with Crippen LogP contribution in [-0.2, 0) is 20.7 Å². The highest BCUT2D eigenvalue weighted by Crippen LogP contribution is 2.29. The normalized spacial score (nSPS) is 16.5. The topological polar surface area (TPSA) is 82.4 Å². The Kier molecular flexibility index (Phi) is 7.09. The van der Waals surface area contributed by atoms with E-state index in [1.807, 2.05) is 67.5 Å². The predicted octanol–water partition coefficient (Wildman–Crippen LogP) is 3.79. The fourth-order valence-corrected chi connectivity index (χ4v) is 3.64. The number of esters is 1. The third kappa shape index (κ3) is 5.52. The molecule has 3 rings (SSSR count). The summed E-state index contributed by atoms with van der Waals surface area (Å²) in [4.78, 5) is 27.0. The summed E-state index contributed by atoms with van der Waals surface area (Å²) < 4.78 is 5.28. The van der Waals surface area contributed by atoms with Crippen molar-refractivity contribution in [2.75, 3.05) is 19.0 Å². The van der Waals surface area contributed by atoms with E-state index in [4.69, 9.17) is 4.74 Å². The van der Waals surface area contributed by atoms with Gasteiger partial charge in [0.25, 0.3) is 5.91 Å². The van der Waals surface area contributed by atoms with Gasteiger partial charge in [0.1, 0.15) is 11.6 Å². The number of rotatable bonds is 6. The van der Waals surface area contributed by atoms with Crippen LogP contribution in [0.1, 0.15) is 42.5 Å². The second-order valence-corrected chi connectivity index (χ2v) is 7.86. The quantitative estimate of drug-likeness (QED) is 0.439. The summed E-state index contributed by atoms with van der Waals surface area (Å²) in [5, 5.41) is 12.4. The number of carbonyl (C=O) groups excluding carboxylic acids is 2. The van der Waals surface area contributed by atoms with Crippen molar-refractivity contribution in [2.45, 2.75) is 38.3 Å². The molecular formula is C25H27N3O3. The molecule has 0 unspecified atom stereocenters. The van der Waals surface area contributed by atoms with Crippen molar-refractivity contribution in [3.63, 3.8) is 0 Å². The molecule has 0 radical (unpaired) electrons. The Morgan fingerprint density at radius 3 is 2.58 bits per heavy atom. The number of benzene rings is 2. The van der Waals surface area contributed by atoms with Gasteiger partial charge in [0.2, 0.25) is 0 Å². The minimum Gasteiger partial charge on any atom is -0.448 e. The molecule has 0 aliphatic heterocycles. The summed E-state index contributed by atoms with van der Waals surface area (Å²) in [7, 11) is 3.86. The van der Waals surface area contributed by atoms with E-state index in [9.17, 15) is 14.9 Å². The Morgan fingerprint density at radius 2 is 1.90 bits per heavy atom. The van der Waals surface area contributed by atoms with Gasteiger partial charge in [0.15, 0.2) is 6.10 Å². The first kappa shape index (κ1) is 22.1. The number of aryl methyl sites for hydroxylation is 1. The van der Waals surface area contributed by atoms with Crippen molar-refractivity contribution in [1.82, 2.24) is 5.32 Å². The summed E-state index contributed by atoms with van der Waals surface area (Å²) in [6.45, 7) is 1.52. The molecule has 1 aliphatic carbocycles. The van der Waals surface area contributed by atoms with Crippen molar-refractivity contribution in [2.24, 2.45) is 0 Å². The van der Waals surface area contributed by atoms with Crippen LogP contribution in [-0.4, -0.2) is 32.1 Å². The third-order valence-corrected chi connectivity index (χ3v) is 5.40. The molecule has 0 aromatic heterocycles. The molecule has 6 nitrogen and oxygen atoms in total. The molecule has 0 spiro atoms. The number of nitrogens with zero attached hydrogens (tertiary/aromatic N) is 2. The van der Waals surface area contributed by atoms with Crippen LogP contribution in [0.25, 0.3) is 6.08 Å². The van der Waals surface area contributed by atoms with E-state index < -0.39 is 12.1 Å². The maximum atomic E-state index is 12.6. The molecule has 6 heteroatoms. The van der Waals surface area contributed by atoms with Crippen LogP contribution in [0.3, 0.4) is 0 Å². The van der Waals surface area contributed by atoms with Crippen LogP contribution in [0.15, 0.2) is 54.1 Å². The van der Waals surface area contributed by atoms with Crippen LogP contribution < -0.4 is 10.2 Å². The Bertz CT molecular complexity index is 1020. The number of hydrogen-bond donors (Lipinski definition) is 1. The van der Waals surface area contributed by atoms with Gasteiger partial charge in [-0.25, -0.2) is 4.79 Å². The lowest BCUT2D eigenvalue weighted by Crippen LogP contribution is -2.39. The first-order valence-corrected chi connectivity index (χ1v) is 10.4. The second-order valence-electron chi connectivity index (χ2n) is 7.86. The van der Waals surface area contributed by atoms with Crippen LogP contribution in [0.5, 0.6) is 0 Å². The summed E-state index contributed by atoms with van der Waals surface area (Å²) >= 11 is 0. The Labute approximate surface area is 183 Å². The molecule has 0 saturated heterocycles. The second kappa shape index (κ2) is 9.94. The van der Waals surface area contributed by atoms with Crippen LogP contribution in [0, 0.1) is 11.3 Å². The van der Waals surface area contributed by atoms with Gasteiger partial charge in [-0.05, 0) is 61.1 Å². The molecule has 2 aromatic rings. The minimum absolute atomic E-state index is 0.0974. The van der Waals surface area contributed by atoms with E-state index in [0.717, 1.165) is 30.5 Å². The Morgan fingerprint density at radius 1 is 1.19 bits per heavy atom. The highest BCUT2D eigenvalue weighted by molar-refractivity contribution is 5.99. The lowest BCUT2D eigenvalue weighted by atomic mass is 9.87. The number of carbonyl (C=O) groups is 2. The molecule has 0 bridgehead atoms. The van der Waals surface area contributed by atoms with Crippen LogP contribution >= 0.6 is 0 Å². The van der Waals surface area contributed by atoms with Crippen molar-refractivity contribution < 1.29 is 14.3 Å². The number of nitrogens with one attached hydrogen (secondary N) is 1. The SMILES string of the molecule is C[C@H](OC(=O)/C(C#N)=C/c1ccc(N(C)C)cc1)C(=O)N[C@@H]1CCCc2ccccc21. The molecular weight excluding hydrogens is 390 g/mol. The smallest absolute Gasteiger partial charge is 0.349 e. The summed E-state index contributed by atoms with van der Waals surface area (Å²) in [6, 6.07) is 17.2. The monoisotopic (exact) mass is 417 g/mol. The number of anilines is 1. The van der Waals surface area contributed by atoms with E-state index in [0.29, 0.717) is 5.56 Å². The van der Waals surface area contributed by atoms with E-state index in [-0.39, 0.29) is 17.5 Å². The molecule has 0 heterocycles. The first-order chi connectivity index (χ1) is 14.9. The largest absolute Gasteiger partial charge is 0.448 e. The first-order valence-electron chi connectivity index (χ1n) is 10.4. The lowest BCUT2D eigenvalue weighted by Gasteiger charge is -2.27. The van der Waals surface area contributed by atoms with E-state index in [1.165, 1.54) is 18.6 Å². The Hall–Kier alpha value is -3.59. The van der Waals surface area contributed by atoms with Gasteiger partial charge < -0.3 is 15.0 Å². The summed E-state index contributed by atoms with van der Waals surface area (Å²) in [6.07, 6.45) is 3.29. The van der Waals surface area contributed by atoms with Gasteiger partial charge in [-0.1, -0.05) is 36.4 Å². The zero-order valence-electron chi connectivity index (χ0n) is 18.1. The van der Waals surface area contributed by atoms with Crippen molar-refractivity contribution >= 4 is 23.6 Å². The molecule has 160 valence electrons. The number of fused-ring (bicyclic) bond motifs is 1. The number of amides is 1. The van der Waals surface area contributed by atoms with Gasteiger partial charge in [0.05, 0.1) is 6.04 Å². The fraction of sp³-hybridized carbons (Fsp3) is 0.320. The molecule has 1 aliphatic rings. The lowest BCUT2D eigenvalue weighted by molar-refractivity contribution is -0.151. The molecule has 31 heavy (non-hydrogen) atoms. The maximum absolute atomic E-state index is 12.6. The average molecular weight is 418 g/mol. The van der Waals surface area contributed by atoms with E-state index in [2.05, 4.69) is 11.4 Å². The van der Waals surface area contributed by atoms with Crippen LogP contribution in [0.4, 0.5) is 5.69 Å². The molecule has 0 fully saturated rings. The fourth-order valence-electron chi connectivity index (χ4n) is 3.64. The van der Waals surface area contributed by atoms with Gasteiger partial charge in [-0.15, -0.1) is 0 Å².